The number of hydrogen-bond donors (Lipinski definition) is 0. The minimum atomic E-state index is 0.0623. The number of fused-ring (bicyclic) bond motifs is 1. The summed E-state index contributed by atoms with van der Waals surface area (Å²) in [6.45, 7) is 0.471. The van der Waals surface area contributed by atoms with Gasteiger partial charge in [0.25, 0.3) is 0 Å². The molecule has 6 nitrogen and oxygen atoms in total. The van der Waals surface area contributed by atoms with Crippen LogP contribution in [0.5, 0.6) is 0 Å². The number of carbonyl (C=O) groups excluding carboxylic acids is 1. The molecule has 134 valence electrons. The molecule has 0 spiro atoms. The second kappa shape index (κ2) is 7.78. The van der Waals surface area contributed by atoms with Crippen molar-refractivity contribution in [3.63, 3.8) is 0 Å². The summed E-state index contributed by atoms with van der Waals surface area (Å²) in [5.74, 6) is 1.17. The Kier molecular flexibility index (Phi) is 5.06. The van der Waals surface area contributed by atoms with Gasteiger partial charge in [-0.3, -0.25) is 9.20 Å². The molecule has 0 fully saturated rings. The van der Waals surface area contributed by atoms with Gasteiger partial charge in [0.2, 0.25) is 5.91 Å². The van der Waals surface area contributed by atoms with Crippen molar-refractivity contribution >= 4 is 23.3 Å². The molecule has 3 aromatic rings. The number of nitrogens with zero attached hydrogens (tertiary/aromatic N) is 4. The summed E-state index contributed by atoms with van der Waals surface area (Å²) in [7, 11) is 0. The Balaban J connectivity index is 1.49. The third-order valence-electron chi connectivity index (χ3n) is 4.42. The highest BCUT2D eigenvalue weighted by Gasteiger charge is 2.21. The van der Waals surface area contributed by atoms with Crippen LogP contribution in [0.2, 0.25) is 0 Å². The third-order valence-corrected chi connectivity index (χ3v) is 5.34. The van der Waals surface area contributed by atoms with E-state index in [0.717, 1.165) is 41.5 Å². The Bertz CT molecular complexity index is 917. The summed E-state index contributed by atoms with van der Waals surface area (Å²) in [6, 6.07) is 9.50. The van der Waals surface area contributed by atoms with Gasteiger partial charge in [-0.25, -0.2) is 0 Å². The molecule has 0 bridgehead atoms. The summed E-state index contributed by atoms with van der Waals surface area (Å²) in [5.41, 5.74) is 1.88. The molecule has 3 aromatic heterocycles. The quantitative estimate of drug-likeness (QED) is 0.618. The molecule has 1 amide bonds. The molecule has 1 aliphatic carbocycles. The molecule has 1 aliphatic rings. The van der Waals surface area contributed by atoms with Crippen LogP contribution in [0.1, 0.15) is 31.4 Å². The van der Waals surface area contributed by atoms with Crippen molar-refractivity contribution in [3.8, 4) is 0 Å². The first-order valence-corrected chi connectivity index (χ1v) is 9.74. The fourth-order valence-corrected chi connectivity index (χ4v) is 3.90. The number of furan rings is 1. The van der Waals surface area contributed by atoms with Crippen LogP contribution in [0.15, 0.2) is 64.1 Å². The van der Waals surface area contributed by atoms with Gasteiger partial charge in [-0.15, -0.1) is 10.2 Å². The fourth-order valence-electron chi connectivity index (χ4n) is 3.10. The Morgan fingerprint density at radius 2 is 2.19 bits per heavy atom. The molecule has 0 saturated heterocycles. The van der Waals surface area contributed by atoms with Crippen molar-refractivity contribution in [1.29, 1.82) is 0 Å². The van der Waals surface area contributed by atoms with Gasteiger partial charge in [0.05, 0.1) is 18.6 Å². The van der Waals surface area contributed by atoms with Crippen molar-refractivity contribution in [1.82, 2.24) is 19.5 Å². The van der Waals surface area contributed by atoms with Gasteiger partial charge in [0.15, 0.2) is 10.8 Å². The van der Waals surface area contributed by atoms with Gasteiger partial charge in [-0.05, 0) is 49.9 Å². The highest BCUT2D eigenvalue weighted by molar-refractivity contribution is 7.99. The first-order chi connectivity index (χ1) is 12.8. The van der Waals surface area contributed by atoms with Gasteiger partial charge < -0.3 is 9.32 Å². The Morgan fingerprint density at radius 1 is 1.23 bits per heavy atom. The molecule has 0 radical (unpaired) electrons. The van der Waals surface area contributed by atoms with E-state index in [1.54, 1.807) is 6.26 Å². The third kappa shape index (κ3) is 3.67. The maximum atomic E-state index is 13.0. The van der Waals surface area contributed by atoms with Crippen LogP contribution in [0.3, 0.4) is 0 Å². The standard InChI is InChI=1S/C19H20N4O2S/c24-18(14-26-19-21-20-17-10-4-5-11-22(17)19)23(13-16-9-6-12-25-16)15-7-2-1-3-8-15/h4-7,9-12H,1-3,8,13-14H2. The molecule has 3 heterocycles. The largest absolute Gasteiger partial charge is 0.467 e. The van der Waals surface area contributed by atoms with Crippen molar-refractivity contribution in [2.24, 2.45) is 0 Å². The number of carbonyl (C=O) groups is 1. The van der Waals surface area contributed by atoms with Crippen molar-refractivity contribution < 1.29 is 9.21 Å². The van der Waals surface area contributed by atoms with Crippen LogP contribution in [0.4, 0.5) is 0 Å². The molecule has 0 aliphatic heterocycles. The lowest BCUT2D eigenvalue weighted by molar-refractivity contribution is -0.127. The van der Waals surface area contributed by atoms with Crippen LogP contribution in [0.25, 0.3) is 5.65 Å². The number of aromatic nitrogens is 3. The number of amides is 1. The van der Waals surface area contributed by atoms with Crippen LogP contribution in [0, 0.1) is 0 Å². The molecule has 26 heavy (non-hydrogen) atoms. The summed E-state index contributed by atoms with van der Waals surface area (Å²) in [6.07, 6.45) is 10.0. The molecule has 0 aromatic carbocycles. The number of hydrogen-bond acceptors (Lipinski definition) is 5. The highest BCUT2D eigenvalue weighted by atomic mass is 32.2. The maximum absolute atomic E-state index is 13.0. The molecule has 0 atom stereocenters. The molecular formula is C19H20N4O2S. The Morgan fingerprint density at radius 3 is 3.00 bits per heavy atom. The number of thioether (sulfide) groups is 1. The average molecular weight is 368 g/mol. The van der Waals surface area contributed by atoms with E-state index in [4.69, 9.17) is 4.42 Å². The lowest BCUT2D eigenvalue weighted by Gasteiger charge is -2.27. The minimum absolute atomic E-state index is 0.0623. The van der Waals surface area contributed by atoms with Gasteiger partial charge in [0, 0.05) is 11.9 Å². The van der Waals surface area contributed by atoms with E-state index < -0.39 is 0 Å². The highest BCUT2D eigenvalue weighted by Crippen LogP contribution is 2.25. The normalized spacial score (nSPS) is 14.4. The van der Waals surface area contributed by atoms with E-state index in [1.165, 1.54) is 18.2 Å². The SMILES string of the molecule is O=C(CSc1nnc2ccccn12)N(Cc1ccco1)C1=CCCCC1. The monoisotopic (exact) mass is 368 g/mol. The number of pyridine rings is 1. The Hall–Kier alpha value is -2.54. The van der Waals surface area contributed by atoms with Crippen molar-refractivity contribution in [2.75, 3.05) is 5.75 Å². The minimum Gasteiger partial charge on any atom is -0.467 e. The van der Waals surface area contributed by atoms with E-state index in [1.807, 2.05) is 45.8 Å². The smallest absolute Gasteiger partial charge is 0.237 e. The van der Waals surface area contributed by atoms with Crippen LogP contribution < -0.4 is 0 Å². The van der Waals surface area contributed by atoms with Crippen LogP contribution in [-0.2, 0) is 11.3 Å². The van der Waals surface area contributed by atoms with Crippen LogP contribution in [-0.4, -0.2) is 31.2 Å². The first-order valence-electron chi connectivity index (χ1n) is 8.75. The zero-order chi connectivity index (χ0) is 17.8. The second-order valence-corrected chi connectivity index (χ2v) is 7.14. The fraction of sp³-hybridized carbons (Fsp3) is 0.316. The topological polar surface area (TPSA) is 63.6 Å². The van der Waals surface area contributed by atoms with Crippen molar-refractivity contribution in [2.45, 2.75) is 37.4 Å². The molecule has 4 rings (SSSR count). The summed E-state index contributed by atoms with van der Waals surface area (Å²) in [4.78, 5) is 14.8. The molecule has 7 heteroatoms. The van der Waals surface area contributed by atoms with E-state index in [-0.39, 0.29) is 5.91 Å². The lowest BCUT2D eigenvalue weighted by atomic mass is 10.0. The summed E-state index contributed by atoms with van der Waals surface area (Å²) >= 11 is 1.41. The number of rotatable bonds is 6. The first kappa shape index (κ1) is 16.9. The van der Waals surface area contributed by atoms with Crippen molar-refractivity contribution in [3.05, 3.63) is 60.3 Å². The van der Waals surface area contributed by atoms with Crippen LogP contribution >= 0.6 is 11.8 Å². The zero-order valence-corrected chi connectivity index (χ0v) is 15.2. The predicted octanol–water partition coefficient (Wildman–Crippen LogP) is 3.90. The summed E-state index contributed by atoms with van der Waals surface area (Å²) in [5, 5.41) is 9.05. The van der Waals surface area contributed by atoms with E-state index >= 15 is 0 Å². The molecule has 0 unspecified atom stereocenters. The van der Waals surface area contributed by atoms with Gasteiger partial charge in [-0.1, -0.05) is 23.9 Å². The van der Waals surface area contributed by atoms with Gasteiger partial charge >= 0.3 is 0 Å². The van der Waals surface area contributed by atoms with E-state index in [2.05, 4.69) is 16.3 Å². The van der Waals surface area contributed by atoms with E-state index in [0.29, 0.717) is 12.3 Å². The molecular weight excluding hydrogens is 348 g/mol. The summed E-state index contributed by atoms with van der Waals surface area (Å²) < 4.78 is 7.36. The van der Waals surface area contributed by atoms with Gasteiger partial charge in [-0.2, -0.15) is 0 Å². The zero-order valence-electron chi connectivity index (χ0n) is 14.4. The number of allylic oxidation sites excluding steroid dienone is 2. The van der Waals surface area contributed by atoms with E-state index in [9.17, 15) is 4.79 Å². The second-order valence-electron chi connectivity index (χ2n) is 6.20. The lowest BCUT2D eigenvalue weighted by Crippen LogP contribution is -2.32. The molecule has 0 N–H and O–H groups in total. The average Bonchev–Trinajstić information content (AvgIpc) is 3.35. The Labute approximate surface area is 155 Å². The van der Waals surface area contributed by atoms with Gasteiger partial charge in [0.1, 0.15) is 5.76 Å². The maximum Gasteiger partial charge on any atom is 0.237 e. The molecule has 0 saturated carbocycles. The predicted molar refractivity (Wildman–Crippen MR) is 99.5 cm³/mol.